The first-order valence-corrected chi connectivity index (χ1v) is 9.77. The van der Waals surface area contributed by atoms with Crippen LogP contribution in [0.25, 0.3) is 0 Å². The van der Waals surface area contributed by atoms with Gasteiger partial charge in [-0.3, -0.25) is 4.79 Å². The highest BCUT2D eigenvalue weighted by Gasteiger charge is 2.39. The maximum atomic E-state index is 12.7. The standard InChI is InChI=1S/C20H26ClN3O/c1-24-19-14(11-13-5-4-7-15(21)12-13)6-2-3-8-17(19)18(23-24)20(25)22-16-9-10-16/h4-5,7,12,14,16,18,23H,2-3,6,8-11H2,1H3,(H,22,25). The number of carbonyl (C=O) groups is 1. The largest absolute Gasteiger partial charge is 0.352 e. The van der Waals surface area contributed by atoms with Crippen molar-refractivity contribution in [2.45, 2.75) is 57.0 Å². The molecule has 1 amide bonds. The summed E-state index contributed by atoms with van der Waals surface area (Å²) in [5, 5.41) is 6.06. The Hall–Kier alpha value is -1.52. The molecule has 2 N–H and O–H groups in total. The first-order chi connectivity index (χ1) is 12.1. The first kappa shape index (κ1) is 16.9. The van der Waals surface area contributed by atoms with Gasteiger partial charge < -0.3 is 10.3 Å². The Morgan fingerprint density at radius 3 is 2.92 bits per heavy atom. The fourth-order valence-electron chi connectivity index (χ4n) is 4.23. The van der Waals surface area contributed by atoms with Crippen LogP contribution in [-0.2, 0) is 11.2 Å². The molecule has 5 heteroatoms. The molecule has 1 saturated carbocycles. The normalized spacial score (nSPS) is 26.4. The Morgan fingerprint density at radius 1 is 1.32 bits per heavy atom. The van der Waals surface area contributed by atoms with E-state index in [9.17, 15) is 4.79 Å². The van der Waals surface area contributed by atoms with Crippen molar-refractivity contribution in [2.24, 2.45) is 5.92 Å². The van der Waals surface area contributed by atoms with E-state index in [0.717, 1.165) is 43.5 Å². The van der Waals surface area contributed by atoms with Crippen LogP contribution in [0.2, 0.25) is 5.02 Å². The third kappa shape index (κ3) is 3.70. The Labute approximate surface area is 154 Å². The zero-order valence-electron chi connectivity index (χ0n) is 14.7. The van der Waals surface area contributed by atoms with Crippen molar-refractivity contribution in [3.8, 4) is 0 Å². The summed E-state index contributed by atoms with van der Waals surface area (Å²) in [5.74, 6) is 0.579. The quantitative estimate of drug-likeness (QED) is 0.865. The molecule has 4 rings (SSSR count). The van der Waals surface area contributed by atoms with E-state index in [2.05, 4.69) is 34.9 Å². The maximum absolute atomic E-state index is 12.7. The molecule has 0 spiro atoms. The van der Waals surface area contributed by atoms with Gasteiger partial charge >= 0.3 is 0 Å². The molecule has 1 aromatic rings. The van der Waals surface area contributed by atoms with E-state index in [1.54, 1.807) is 0 Å². The molecule has 0 aromatic heterocycles. The Bertz CT molecular complexity index is 698. The third-order valence-electron chi connectivity index (χ3n) is 5.55. The summed E-state index contributed by atoms with van der Waals surface area (Å²) in [5.41, 5.74) is 7.30. The van der Waals surface area contributed by atoms with Crippen LogP contribution in [0.15, 0.2) is 35.5 Å². The van der Waals surface area contributed by atoms with E-state index in [4.69, 9.17) is 11.6 Å². The number of halogens is 1. The second-order valence-electron chi connectivity index (χ2n) is 7.59. The van der Waals surface area contributed by atoms with E-state index in [1.807, 2.05) is 12.1 Å². The number of nitrogens with one attached hydrogen (secondary N) is 2. The highest BCUT2D eigenvalue weighted by molar-refractivity contribution is 6.30. The number of rotatable bonds is 4. The van der Waals surface area contributed by atoms with Crippen LogP contribution in [0.4, 0.5) is 0 Å². The van der Waals surface area contributed by atoms with Crippen LogP contribution in [0, 0.1) is 5.92 Å². The van der Waals surface area contributed by atoms with Gasteiger partial charge in [-0.05, 0) is 61.8 Å². The molecule has 3 aliphatic rings. The molecule has 2 aliphatic carbocycles. The third-order valence-corrected chi connectivity index (χ3v) is 5.79. The van der Waals surface area contributed by atoms with Gasteiger partial charge in [-0.25, -0.2) is 5.43 Å². The van der Waals surface area contributed by atoms with Crippen molar-refractivity contribution in [1.82, 2.24) is 15.8 Å². The van der Waals surface area contributed by atoms with Gasteiger partial charge in [0.2, 0.25) is 5.91 Å². The minimum atomic E-state index is -0.194. The zero-order chi connectivity index (χ0) is 17.4. The minimum absolute atomic E-state index is 0.141. The summed E-state index contributed by atoms with van der Waals surface area (Å²) in [7, 11) is 2.05. The smallest absolute Gasteiger partial charge is 0.243 e. The van der Waals surface area contributed by atoms with Gasteiger partial charge in [0.25, 0.3) is 0 Å². The lowest BCUT2D eigenvalue weighted by molar-refractivity contribution is -0.122. The lowest BCUT2D eigenvalue weighted by atomic mass is 9.90. The predicted molar refractivity (Wildman–Crippen MR) is 100.0 cm³/mol. The van der Waals surface area contributed by atoms with Crippen molar-refractivity contribution >= 4 is 17.5 Å². The van der Waals surface area contributed by atoms with Gasteiger partial charge in [0, 0.05) is 29.7 Å². The van der Waals surface area contributed by atoms with Gasteiger partial charge in [-0.2, -0.15) is 0 Å². The Morgan fingerprint density at radius 2 is 2.16 bits per heavy atom. The van der Waals surface area contributed by atoms with Crippen LogP contribution >= 0.6 is 11.6 Å². The summed E-state index contributed by atoms with van der Waals surface area (Å²) in [4.78, 5) is 12.7. The molecule has 0 bridgehead atoms. The topological polar surface area (TPSA) is 44.4 Å². The van der Waals surface area contributed by atoms with Gasteiger partial charge in [0.05, 0.1) is 0 Å². The van der Waals surface area contributed by atoms with Gasteiger partial charge in [-0.15, -0.1) is 0 Å². The van der Waals surface area contributed by atoms with Crippen LogP contribution in [-0.4, -0.2) is 30.0 Å². The Balaban J connectivity index is 1.58. The number of amides is 1. The van der Waals surface area contributed by atoms with Crippen LogP contribution in [0.3, 0.4) is 0 Å². The predicted octanol–water partition coefficient (Wildman–Crippen LogP) is 3.42. The SMILES string of the molecule is CN1NC(C(=O)NC2CC2)C2=C1C(Cc1cccc(Cl)c1)CCCC2. The molecule has 25 heavy (non-hydrogen) atoms. The maximum Gasteiger partial charge on any atom is 0.243 e. The van der Waals surface area contributed by atoms with Crippen molar-refractivity contribution in [1.29, 1.82) is 0 Å². The molecule has 0 radical (unpaired) electrons. The second-order valence-corrected chi connectivity index (χ2v) is 8.03. The number of hydrazine groups is 1. The molecule has 1 fully saturated rings. The molecule has 0 saturated heterocycles. The molecular weight excluding hydrogens is 334 g/mol. The van der Waals surface area contributed by atoms with Gasteiger partial charge in [0.1, 0.15) is 6.04 Å². The summed E-state index contributed by atoms with van der Waals surface area (Å²) in [6.45, 7) is 0. The summed E-state index contributed by atoms with van der Waals surface area (Å²) in [6.07, 6.45) is 7.77. The number of carbonyl (C=O) groups excluding carboxylic acids is 1. The highest BCUT2D eigenvalue weighted by Crippen LogP contribution is 2.37. The summed E-state index contributed by atoms with van der Waals surface area (Å²) in [6, 6.07) is 8.36. The number of hydrogen-bond donors (Lipinski definition) is 2. The lowest BCUT2D eigenvalue weighted by Gasteiger charge is -2.25. The van der Waals surface area contributed by atoms with E-state index in [1.165, 1.54) is 23.3 Å². The molecule has 1 heterocycles. The lowest BCUT2D eigenvalue weighted by Crippen LogP contribution is -2.46. The fraction of sp³-hybridized carbons (Fsp3) is 0.550. The van der Waals surface area contributed by atoms with Crippen molar-refractivity contribution in [3.05, 3.63) is 46.1 Å². The molecule has 2 unspecified atom stereocenters. The van der Waals surface area contributed by atoms with Crippen LogP contribution in [0.5, 0.6) is 0 Å². The minimum Gasteiger partial charge on any atom is -0.352 e. The molecule has 1 aliphatic heterocycles. The van der Waals surface area contributed by atoms with Crippen molar-refractivity contribution in [2.75, 3.05) is 7.05 Å². The summed E-state index contributed by atoms with van der Waals surface area (Å²) < 4.78 is 0. The monoisotopic (exact) mass is 359 g/mol. The van der Waals surface area contributed by atoms with E-state index < -0.39 is 0 Å². The van der Waals surface area contributed by atoms with E-state index >= 15 is 0 Å². The molecule has 2 atom stereocenters. The number of benzene rings is 1. The van der Waals surface area contributed by atoms with Gasteiger partial charge in [0.15, 0.2) is 0 Å². The van der Waals surface area contributed by atoms with Crippen LogP contribution in [0.1, 0.15) is 44.1 Å². The molecule has 134 valence electrons. The number of hydrogen-bond acceptors (Lipinski definition) is 3. The van der Waals surface area contributed by atoms with E-state index in [-0.39, 0.29) is 11.9 Å². The average Bonchev–Trinajstić information content (AvgIpc) is 3.35. The number of allylic oxidation sites excluding steroid dienone is 1. The average molecular weight is 360 g/mol. The first-order valence-electron chi connectivity index (χ1n) is 9.39. The number of nitrogens with zero attached hydrogens (tertiary/aromatic N) is 1. The van der Waals surface area contributed by atoms with Crippen LogP contribution < -0.4 is 10.7 Å². The molecular formula is C20H26ClN3O. The highest BCUT2D eigenvalue weighted by atomic mass is 35.5. The summed E-state index contributed by atoms with van der Waals surface area (Å²) >= 11 is 6.17. The molecule has 4 nitrogen and oxygen atoms in total. The zero-order valence-corrected chi connectivity index (χ0v) is 15.5. The van der Waals surface area contributed by atoms with E-state index in [0.29, 0.717) is 12.0 Å². The Kier molecular flexibility index (Phi) is 4.74. The molecule has 1 aromatic carbocycles. The van der Waals surface area contributed by atoms with Crippen molar-refractivity contribution < 1.29 is 4.79 Å². The second kappa shape index (κ2) is 7.00. The fourth-order valence-corrected chi connectivity index (χ4v) is 4.44. The van der Waals surface area contributed by atoms with Crippen molar-refractivity contribution in [3.63, 3.8) is 0 Å². The van der Waals surface area contributed by atoms with Gasteiger partial charge in [-0.1, -0.05) is 30.2 Å².